The highest BCUT2D eigenvalue weighted by Crippen LogP contribution is 2.41. The van der Waals surface area contributed by atoms with Crippen LogP contribution in [-0.2, 0) is 6.18 Å². The predicted octanol–water partition coefficient (Wildman–Crippen LogP) is 4.69. The van der Waals surface area contributed by atoms with E-state index in [2.05, 4.69) is 9.97 Å². The van der Waals surface area contributed by atoms with Crippen LogP contribution in [0.4, 0.5) is 13.2 Å². The highest BCUT2D eigenvalue weighted by Gasteiger charge is 2.34. The lowest BCUT2D eigenvalue weighted by atomic mass is 10.0. The maximum atomic E-state index is 13.0. The van der Waals surface area contributed by atoms with Gasteiger partial charge in [-0.2, -0.15) is 13.2 Å². The van der Waals surface area contributed by atoms with E-state index >= 15 is 0 Å². The fraction of sp³-hybridized carbons (Fsp3) is 0.286. The fourth-order valence-corrected chi connectivity index (χ4v) is 2.30. The second-order valence-corrected chi connectivity index (χ2v) is 5.10. The summed E-state index contributed by atoms with van der Waals surface area (Å²) in [4.78, 5) is 8.03. The predicted molar refractivity (Wildman–Crippen MR) is 69.5 cm³/mol. The molecule has 6 heteroatoms. The van der Waals surface area contributed by atoms with Crippen molar-refractivity contribution in [1.29, 1.82) is 0 Å². The van der Waals surface area contributed by atoms with Crippen molar-refractivity contribution >= 4 is 11.6 Å². The maximum Gasteiger partial charge on any atom is 0.417 e. The van der Waals surface area contributed by atoms with Crippen LogP contribution < -0.4 is 0 Å². The summed E-state index contributed by atoms with van der Waals surface area (Å²) >= 11 is 5.83. The summed E-state index contributed by atoms with van der Waals surface area (Å²) in [7, 11) is 0. The Hall–Kier alpha value is -1.62. The average molecular weight is 299 g/mol. The Labute approximate surface area is 118 Å². The van der Waals surface area contributed by atoms with Crippen molar-refractivity contribution in [2.24, 2.45) is 0 Å². The lowest BCUT2D eigenvalue weighted by Gasteiger charge is -2.12. The third-order valence-electron chi connectivity index (χ3n) is 3.22. The van der Waals surface area contributed by atoms with Crippen molar-refractivity contribution in [3.8, 4) is 11.3 Å². The molecule has 0 radical (unpaired) electrons. The van der Waals surface area contributed by atoms with Gasteiger partial charge in [0.25, 0.3) is 0 Å². The average Bonchev–Trinajstić information content (AvgIpc) is 3.21. The summed E-state index contributed by atoms with van der Waals surface area (Å²) in [6.07, 6.45) is -2.44. The second kappa shape index (κ2) is 4.74. The molecule has 1 saturated carbocycles. The first-order valence-electron chi connectivity index (χ1n) is 6.16. The zero-order chi connectivity index (χ0) is 14.3. The summed E-state index contributed by atoms with van der Waals surface area (Å²) in [5, 5.41) is -0.0126. The van der Waals surface area contributed by atoms with E-state index in [1.807, 2.05) is 0 Å². The van der Waals surface area contributed by atoms with Crippen LogP contribution in [0.3, 0.4) is 0 Å². The monoisotopic (exact) mass is 298 g/mol. The molecule has 0 spiro atoms. The van der Waals surface area contributed by atoms with Gasteiger partial charge in [-0.1, -0.05) is 18.2 Å². The Balaban J connectivity index is 2.13. The summed E-state index contributed by atoms with van der Waals surface area (Å²) in [5.74, 6) is 0.298. The number of benzene rings is 1. The fourth-order valence-electron chi connectivity index (χ4n) is 2.12. The molecule has 0 amide bonds. The lowest BCUT2D eigenvalue weighted by Crippen LogP contribution is -2.07. The van der Waals surface area contributed by atoms with Crippen LogP contribution in [0, 0.1) is 0 Å². The minimum Gasteiger partial charge on any atom is -0.223 e. The van der Waals surface area contributed by atoms with Crippen LogP contribution in [0.15, 0.2) is 30.3 Å². The van der Waals surface area contributed by atoms with Crippen molar-refractivity contribution in [2.75, 3.05) is 0 Å². The van der Waals surface area contributed by atoms with Gasteiger partial charge >= 0.3 is 6.18 Å². The number of hydrogen-bond donors (Lipinski definition) is 0. The standard InChI is InChI=1S/C14H10ClF3N2/c15-13-19-11(8-5-6-8)7-12(20-13)9-3-1-2-4-10(9)14(16,17)18/h1-4,7-8H,5-6H2. The van der Waals surface area contributed by atoms with Crippen molar-refractivity contribution in [3.63, 3.8) is 0 Å². The molecule has 1 aromatic heterocycles. The van der Waals surface area contributed by atoms with Gasteiger partial charge in [-0.25, -0.2) is 9.97 Å². The molecule has 1 fully saturated rings. The molecular formula is C14H10ClF3N2. The number of aromatic nitrogens is 2. The molecule has 104 valence electrons. The molecule has 0 N–H and O–H groups in total. The number of nitrogens with zero attached hydrogens (tertiary/aromatic N) is 2. The highest BCUT2D eigenvalue weighted by atomic mass is 35.5. The van der Waals surface area contributed by atoms with E-state index in [0.717, 1.165) is 24.6 Å². The Kier molecular flexibility index (Phi) is 3.17. The Bertz CT molecular complexity index is 651. The van der Waals surface area contributed by atoms with Crippen molar-refractivity contribution in [2.45, 2.75) is 24.9 Å². The molecule has 0 bridgehead atoms. The topological polar surface area (TPSA) is 25.8 Å². The zero-order valence-corrected chi connectivity index (χ0v) is 11.0. The Morgan fingerprint density at radius 2 is 1.80 bits per heavy atom. The molecule has 0 unspecified atom stereocenters. The Morgan fingerprint density at radius 3 is 2.45 bits per heavy atom. The third kappa shape index (κ3) is 2.63. The van der Waals surface area contributed by atoms with Crippen LogP contribution >= 0.6 is 11.6 Å². The van der Waals surface area contributed by atoms with Gasteiger partial charge in [0.1, 0.15) is 0 Å². The van der Waals surface area contributed by atoms with E-state index in [9.17, 15) is 13.2 Å². The molecule has 0 atom stereocenters. The molecule has 0 aliphatic heterocycles. The van der Waals surface area contributed by atoms with Gasteiger partial charge in [-0.05, 0) is 36.6 Å². The Morgan fingerprint density at radius 1 is 1.10 bits per heavy atom. The largest absolute Gasteiger partial charge is 0.417 e. The number of halogens is 4. The van der Waals surface area contributed by atoms with E-state index in [1.165, 1.54) is 12.1 Å². The van der Waals surface area contributed by atoms with E-state index in [1.54, 1.807) is 12.1 Å². The molecule has 0 saturated heterocycles. The molecule has 1 aliphatic rings. The molecular weight excluding hydrogens is 289 g/mol. The van der Waals surface area contributed by atoms with Gasteiger partial charge in [-0.15, -0.1) is 0 Å². The maximum absolute atomic E-state index is 13.0. The molecule has 1 aliphatic carbocycles. The summed E-state index contributed by atoms with van der Waals surface area (Å²) in [6, 6.07) is 6.96. The molecule has 20 heavy (non-hydrogen) atoms. The molecule has 1 heterocycles. The number of hydrogen-bond acceptors (Lipinski definition) is 2. The SMILES string of the molecule is FC(F)(F)c1ccccc1-c1cc(C2CC2)nc(Cl)n1. The van der Waals surface area contributed by atoms with Crippen LogP contribution in [0.5, 0.6) is 0 Å². The molecule has 1 aromatic carbocycles. The van der Waals surface area contributed by atoms with Crippen LogP contribution in [0.25, 0.3) is 11.3 Å². The van der Waals surface area contributed by atoms with Crippen molar-refractivity contribution in [3.05, 3.63) is 46.9 Å². The van der Waals surface area contributed by atoms with Gasteiger partial charge in [0, 0.05) is 17.2 Å². The zero-order valence-electron chi connectivity index (χ0n) is 10.3. The molecule has 3 rings (SSSR count). The number of alkyl halides is 3. The van der Waals surface area contributed by atoms with Gasteiger partial charge in [0.05, 0.1) is 11.3 Å². The second-order valence-electron chi connectivity index (χ2n) is 4.76. The van der Waals surface area contributed by atoms with E-state index in [0.29, 0.717) is 5.92 Å². The van der Waals surface area contributed by atoms with Gasteiger partial charge in [0.15, 0.2) is 0 Å². The van der Waals surface area contributed by atoms with Crippen LogP contribution in [-0.4, -0.2) is 9.97 Å². The first-order chi connectivity index (χ1) is 9.45. The summed E-state index contributed by atoms with van der Waals surface area (Å²) < 4.78 is 39.1. The molecule has 2 aromatic rings. The lowest BCUT2D eigenvalue weighted by molar-refractivity contribution is -0.137. The van der Waals surface area contributed by atoms with E-state index in [4.69, 9.17) is 11.6 Å². The third-order valence-corrected chi connectivity index (χ3v) is 3.39. The highest BCUT2D eigenvalue weighted by molar-refractivity contribution is 6.28. The van der Waals surface area contributed by atoms with Crippen molar-refractivity contribution < 1.29 is 13.2 Å². The first-order valence-corrected chi connectivity index (χ1v) is 6.54. The van der Waals surface area contributed by atoms with E-state index in [-0.39, 0.29) is 16.5 Å². The summed E-state index contributed by atoms with van der Waals surface area (Å²) in [6.45, 7) is 0. The van der Waals surface area contributed by atoms with Crippen LogP contribution in [0.1, 0.15) is 30.0 Å². The smallest absolute Gasteiger partial charge is 0.223 e. The first kappa shape index (κ1) is 13.4. The van der Waals surface area contributed by atoms with Crippen molar-refractivity contribution in [1.82, 2.24) is 9.97 Å². The quantitative estimate of drug-likeness (QED) is 0.751. The molecule has 2 nitrogen and oxygen atoms in total. The minimum atomic E-state index is -4.42. The number of rotatable bonds is 2. The summed E-state index contributed by atoms with van der Waals surface area (Å²) in [5.41, 5.74) is 0.263. The van der Waals surface area contributed by atoms with Gasteiger partial charge < -0.3 is 0 Å². The normalized spacial score (nSPS) is 15.4. The van der Waals surface area contributed by atoms with Gasteiger partial charge in [0.2, 0.25) is 5.28 Å². The van der Waals surface area contributed by atoms with Gasteiger partial charge in [-0.3, -0.25) is 0 Å². The van der Waals surface area contributed by atoms with E-state index < -0.39 is 11.7 Å². The van der Waals surface area contributed by atoms with Crippen LogP contribution in [0.2, 0.25) is 5.28 Å². The minimum absolute atomic E-state index is 0.0126.